The first-order chi connectivity index (χ1) is 11.2. The van der Waals surface area contributed by atoms with E-state index in [1.165, 1.54) is 0 Å². The van der Waals surface area contributed by atoms with Gasteiger partial charge in [0.2, 0.25) is 5.91 Å². The summed E-state index contributed by atoms with van der Waals surface area (Å²) in [6, 6.07) is 9.08. The fourth-order valence-electron chi connectivity index (χ4n) is 3.01. The summed E-state index contributed by atoms with van der Waals surface area (Å²) in [4.78, 5) is 23.8. The van der Waals surface area contributed by atoms with E-state index in [4.69, 9.17) is 0 Å². The highest BCUT2D eigenvalue weighted by Gasteiger charge is 2.21. The van der Waals surface area contributed by atoms with Crippen LogP contribution < -0.4 is 16.0 Å². The van der Waals surface area contributed by atoms with Crippen LogP contribution in [0.2, 0.25) is 0 Å². The Balaban J connectivity index is 0.00000288. The van der Waals surface area contributed by atoms with Gasteiger partial charge in [0, 0.05) is 25.1 Å². The molecule has 0 bridgehead atoms. The highest BCUT2D eigenvalue weighted by molar-refractivity contribution is 5.94. The Morgan fingerprint density at radius 2 is 1.75 bits per heavy atom. The Bertz CT molecular complexity index is 504. The minimum absolute atomic E-state index is 0. The van der Waals surface area contributed by atoms with Crippen molar-refractivity contribution in [3.05, 3.63) is 35.9 Å². The van der Waals surface area contributed by atoms with Crippen LogP contribution in [0.4, 0.5) is 0 Å². The SMILES string of the molecule is CC(CC(=O)NCCNC(=O)c1ccccc1)C1CCNCC1.Cl. The zero-order valence-corrected chi connectivity index (χ0v) is 15.0. The predicted molar refractivity (Wildman–Crippen MR) is 98.4 cm³/mol. The van der Waals surface area contributed by atoms with Crippen molar-refractivity contribution in [2.75, 3.05) is 26.2 Å². The summed E-state index contributed by atoms with van der Waals surface area (Å²) in [6.45, 7) is 5.19. The van der Waals surface area contributed by atoms with Gasteiger partial charge in [0.25, 0.3) is 5.91 Å². The molecule has 0 spiro atoms. The van der Waals surface area contributed by atoms with Crippen molar-refractivity contribution in [1.29, 1.82) is 0 Å². The highest BCUT2D eigenvalue weighted by atomic mass is 35.5. The number of halogens is 1. The smallest absolute Gasteiger partial charge is 0.251 e. The molecule has 1 aliphatic rings. The fraction of sp³-hybridized carbons (Fsp3) is 0.556. The van der Waals surface area contributed by atoms with E-state index in [1.54, 1.807) is 12.1 Å². The quantitative estimate of drug-likeness (QED) is 0.656. The largest absolute Gasteiger partial charge is 0.354 e. The van der Waals surface area contributed by atoms with Crippen molar-refractivity contribution >= 4 is 24.2 Å². The van der Waals surface area contributed by atoms with Crippen LogP contribution in [0.3, 0.4) is 0 Å². The van der Waals surface area contributed by atoms with Gasteiger partial charge in [-0.05, 0) is 49.9 Å². The number of rotatable bonds is 7. The first-order valence-electron chi connectivity index (χ1n) is 8.47. The Labute approximate surface area is 150 Å². The van der Waals surface area contributed by atoms with Gasteiger partial charge in [0.1, 0.15) is 0 Å². The van der Waals surface area contributed by atoms with E-state index < -0.39 is 0 Å². The molecule has 3 N–H and O–H groups in total. The summed E-state index contributed by atoms with van der Waals surface area (Å²) in [5.41, 5.74) is 0.637. The average molecular weight is 354 g/mol. The maximum atomic E-state index is 12.0. The molecule has 1 aromatic carbocycles. The van der Waals surface area contributed by atoms with Crippen LogP contribution >= 0.6 is 12.4 Å². The monoisotopic (exact) mass is 353 g/mol. The highest BCUT2D eigenvalue weighted by Crippen LogP contribution is 2.23. The normalized spacial score (nSPS) is 15.9. The number of nitrogens with one attached hydrogen (secondary N) is 3. The van der Waals surface area contributed by atoms with Gasteiger partial charge in [0.15, 0.2) is 0 Å². The van der Waals surface area contributed by atoms with Crippen molar-refractivity contribution in [3.8, 4) is 0 Å². The Morgan fingerprint density at radius 3 is 2.42 bits per heavy atom. The maximum Gasteiger partial charge on any atom is 0.251 e. The number of amides is 2. The van der Waals surface area contributed by atoms with Crippen LogP contribution in [0.25, 0.3) is 0 Å². The molecule has 0 aromatic heterocycles. The maximum absolute atomic E-state index is 12.0. The molecule has 1 saturated heterocycles. The van der Waals surface area contributed by atoms with E-state index in [2.05, 4.69) is 22.9 Å². The Kier molecular flexibility index (Phi) is 9.42. The van der Waals surface area contributed by atoms with Gasteiger partial charge >= 0.3 is 0 Å². The van der Waals surface area contributed by atoms with Crippen LogP contribution in [0, 0.1) is 11.8 Å². The number of hydrogen-bond acceptors (Lipinski definition) is 3. The molecule has 1 fully saturated rings. The summed E-state index contributed by atoms with van der Waals surface area (Å²) in [6.07, 6.45) is 2.88. The molecular formula is C18H28ClN3O2. The number of carbonyl (C=O) groups excluding carboxylic acids is 2. The summed E-state index contributed by atoms with van der Waals surface area (Å²) in [5, 5.41) is 9.05. The van der Waals surface area contributed by atoms with Gasteiger partial charge in [0.05, 0.1) is 0 Å². The summed E-state index contributed by atoms with van der Waals surface area (Å²) in [5.74, 6) is 1.02. The Morgan fingerprint density at radius 1 is 1.12 bits per heavy atom. The molecule has 0 aliphatic carbocycles. The fourth-order valence-corrected chi connectivity index (χ4v) is 3.01. The first kappa shape index (κ1) is 20.5. The molecule has 0 saturated carbocycles. The number of benzene rings is 1. The van der Waals surface area contributed by atoms with E-state index >= 15 is 0 Å². The van der Waals surface area contributed by atoms with Crippen molar-refractivity contribution in [2.24, 2.45) is 11.8 Å². The van der Waals surface area contributed by atoms with E-state index in [9.17, 15) is 9.59 Å². The molecule has 24 heavy (non-hydrogen) atoms. The van der Waals surface area contributed by atoms with Gasteiger partial charge in [-0.3, -0.25) is 9.59 Å². The van der Waals surface area contributed by atoms with Crippen molar-refractivity contribution in [2.45, 2.75) is 26.2 Å². The summed E-state index contributed by atoms with van der Waals surface area (Å²) >= 11 is 0. The molecule has 6 heteroatoms. The molecule has 1 heterocycles. The van der Waals surface area contributed by atoms with Gasteiger partial charge < -0.3 is 16.0 Å². The molecule has 2 amide bonds. The first-order valence-corrected chi connectivity index (χ1v) is 8.47. The molecule has 0 radical (unpaired) electrons. The van der Waals surface area contributed by atoms with Crippen LogP contribution in [-0.4, -0.2) is 38.0 Å². The third-order valence-corrected chi connectivity index (χ3v) is 4.46. The molecule has 1 aliphatic heterocycles. The molecule has 1 unspecified atom stereocenters. The van der Waals surface area contributed by atoms with Gasteiger partial charge in [-0.15, -0.1) is 12.4 Å². The number of piperidine rings is 1. The lowest BCUT2D eigenvalue weighted by molar-refractivity contribution is -0.122. The zero-order chi connectivity index (χ0) is 16.5. The lowest BCUT2D eigenvalue weighted by Gasteiger charge is -2.27. The van der Waals surface area contributed by atoms with Crippen LogP contribution in [-0.2, 0) is 4.79 Å². The zero-order valence-electron chi connectivity index (χ0n) is 14.2. The second-order valence-corrected chi connectivity index (χ2v) is 6.24. The lowest BCUT2D eigenvalue weighted by atomic mass is 9.84. The molecular weight excluding hydrogens is 326 g/mol. The van der Waals surface area contributed by atoms with E-state index in [1.807, 2.05) is 18.2 Å². The third kappa shape index (κ3) is 6.89. The van der Waals surface area contributed by atoms with E-state index in [0.29, 0.717) is 36.9 Å². The molecule has 5 nitrogen and oxygen atoms in total. The van der Waals surface area contributed by atoms with Crippen LogP contribution in [0.15, 0.2) is 30.3 Å². The summed E-state index contributed by atoms with van der Waals surface area (Å²) in [7, 11) is 0. The minimum atomic E-state index is -0.108. The van der Waals surface area contributed by atoms with Crippen molar-refractivity contribution < 1.29 is 9.59 Å². The number of carbonyl (C=O) groups is 2. The predicted octanol–water partition coefficient (Wildman–Crippen LogP) is 1.98. The van der Waals surface area contributed by atoms with Crippen LogP contribution in [0.5, 0.6) is 0 Å². The minimum Gasteiger partial charge on any atom is -0.354 e. The van der Waals surface area contributed by atoms with Crippen LogP contribution in [0.1, 0.15) is 36.5 Å². The standard InChI is InChI=1S/C18H27N3O2.ClH/c1-14(15-7-9-19-10-8-15)13-17(22)20-11-12-21-18(23)16-5-3-2-4-6-16;/h2-6,14-15,19H,7-13H2,1H3,(H,20,22)(H,21,23);1H. The average Bonchev–Trinajstić information content (AvgIpc) is 2.60. The van der Waals surface area contributed by atoms with Gasteiger partial charge in [-0.25, -0.2) is 0 Å². The molecule has 1 aromatic rings. The van der Waals surface area contributed by atoms with Crippen molar-refractivity contribution in [1.82, 2.24) is 16.0 Å². The molecule has 1 atom stereocenters. The number of hydrogen-bond donors (Lipinski definition) is 3. The Hall–Kier alpha value is -1.59. The topological polar surface area (TPSA) is 70.2 Å². The second kappa shape index (κ2) is 11.0. The second-order valence-electron chi connectivity index (χ2n) is 6.24. The summed E-state index contributed by atoms with van der Waals surface area (Å²) < 4.78 is 0. The third-order valence-electron chi connectivity index (χ3n) is 4.46. The van der Waals surface area contributed by atoms with E-state index in [0.717, 1.165) is 25.9 Å². The van der Waals surface area contributed by atoms with Gasteiger partial charge in [-0.2, -0.15) is 0 Å². The van der Waals surface area contributed by atoms with Crippen molar-refractivity contribution in [3.63, 3.8) is 0 Å². The van der Waals surface area contributed by atoms with E-state index in [-0.39, 0.29) is 24.2 Å². The van der Waals surface area contributed by atoms with Gasteiger partial charge in [-0.1, -0.05) is 25.1 Å². The lowest BCUT2D eigenvalue weighted by Crippen LogP contribution is -2.36. The molecule has 2 rings (SSSR count). The molecule has 134 valence electrons.